The first kappa shape index (κ1) is 30.2. The molecule has 2 heterocycles. The first-order valence-corrected chi connectivity index (χ1v) is 14.1. The number of halogens is 5. The zero-order valence-corrected chi connectivity index (χ0v) is 24.0. The summed E-state index contributed by atoms with van der Waals surface area (Å²) in [6.45, 7) is 4.00. The van der Waals surface area contributed by atoms with Gasteiger partial charge < -0.3 is 9.47 Å². The van der Waals surface area contributed by atoms with Crippen LogP contribution in [0.5, 0.6) is 5.75 Å². The van der Waals surface area contributed by atoms with Gasteiger partial charge in [0.05, 0.1) is 25.1 Å². The van der Waals surface area contributed by atoms with Crippen LogP contribution in [-0.4, -0.2) is 39.3 Å². The molecule has 0 amide bonds. The molecule has 1 unspecified atom stereocenters. The zero-order valence-electron chi connectivity index (χ0n) is 22.4. The first-order valence-electron chi connectivity index (χ1n) is 13.0. The zero-order chi connectivity index (χ0) is 29.6. The monoisotopic (exact) mass is 633 g/mol. The van der Waals surface area contributed by atoms with Gasteiger partial charge in [0.1, 0.15) is 17.1 Å². The van der Waals surface area contributed by atoms with E-state index in [1.165, 1.54) is 31.2 Å². The number of carbonyl (C=O) groups is 1. The van der Waals surface area contributed by atoms with Gasteiger partial charge in [0.15, 0.2) is 11.5 Å². The van der Waals surface area contributed by atoms with Crippen LogP contribution in [0, 0.1) is 5.82 Å². The molecule has 4 rings (SSSR count). The smallest absolute Gasteiger partial charge is 0.434 e. The molecule has 0 aliphatic heterocycles. The number of aromatic nitrogens is 3. The van der Waals surface area contributed by atoms with Crippen molar-refractivity contribution in [3.05, 3.63) is 95.1 Å². The molecule has 0 aliphatic rings. The highest BCUT2D eigenvalue weighted by Crippen LogP contribution is 2.35. The molecule has 6 nitrogen and oxygen atoms in total. The third kappa shape index (κ3) is 7.32. The van der Waals surface area contributed by atoms with Crippen LogP contribution in [0.3, 0.4) is 0 Å². The molecule has 0 radical (unpaired) electrons. The Balaban J connectivity index is 1.66. The summed E-state index contributed by atoms with van der Waals surface area (Å²) in [7, 11) is 0. The fourth-order valence-corrected chi connectivity index (χ4v) is 4.68. The van der Waals surface area contributed by atoms with Gasteiger partial charge in [-0.05, 0) is 73.2 Å². The summed E-state index contributed by atoms with van der Waals surface area (Å²) in [5.41, 5.74) is 0.512. The van der Waals surface area contributed by atoms with Crippen molar-refractivity contribution in [1.29, 1.82) is 0 Å². The van der Waals surface area contributed by atoms with Crippen LogP contribution >= 0.6 is 15.9 Å². The van der Waals surface area contributed by atoms with E-state index >= 15 is 0 Å². The van der Waals surface area contributed by atoms with E-state index < -0.39 is 29.2 Å². The molecule has 0 N–H and O–H groups in total. The maximum absolute atomic E-state index is 14.4. The van der Waals surface area contributed by atoms with Crippen molar-refractivity contribution >= 4 is 21.9 Å². The lowest BCUT2D eigenvalue weighted by atomic mass is 9.89. The molecule has 0 saturated carbocycles. The average Bonchev–Trinajstić information content (AvgIpc) is 3.41. The lowest BCUT2D eigenvalue weighted by Gasteiger charge is -2.18. The third-order valence-electron chi connectivity index (χ3n) is 6.32. The van der Waals surface area contributed by atoms with E-state index in [-0.39, 0.29) is 24.0 Å². The van der Waals surface area contributed by atoms with Crippen molar-refractivity contribution < 1.29 is 31.8 Å². The van der Waals surface area contributed by atoms with Crippen molar-refractivity contribution in [3.8, 4) is 22.8 Å². The molecular weight excluding hydrogens is 606 g/mol. The van der Waals surface area contributed by atoms with E-state index in [0.29, 0.717) is 23.3 Å². The Bertz CT molecular complexity index is 1490. The molecule has 4 aromatic rings. The van der Waals surface area contributed by atoms with Gasteiger partial charge in [0.25, 0.3) is 0 Å². The highest BCUT2D eigenvalue weighted by molar-refractivity contribution is 9.09. The molecule has 0 spiro atoms. The molecule has 0 bridgehead atoms. The largest absolute Gasteiger partial charge is 0.494 e. The van der Waals surface area contributed by atoms with Gasteiger partial charge in [0, 0.05) is 10.9 Å². The van der Waals surface area contributed by atoms with Gasteiger partial charge in [-0.3, -0.25) is 0 Å². The fourth-order valence-electron chi connectivity index (χ4n) is 4.45. The predicted molar refractivity (Wildman–Crippen MR) is 150 cm³/mol. The van der Waals surface area contributed by atoms with Crippen LogP contribution < -0.4 is 4.74 Å². The van der Waals surface area contributed by atoms with E-state index in [1.807, 2.05) is 31.2 Å². The number of ether oxygens (including phenoxy) is 2. The standard InChI is InChI=1S/C30H28BrF4N3O3/c1-3-40-29(39)25-18-36-38(28(25)30(33,34)35)27-7-4-6-26(37-27)24-17-21(32)10-13-23(24)19(2)16-20-8-11-22(12-9-20)41-15-5-14-31/h4,6-13,17-19H,3,5,14-16H2,1-2H3. The number of benzene rings is 2. The first-order chi connectivity index (χ1) is 19.6. The second kappa shape index (κ2) is 13.3. The van der Waals surface area contributed by atoms with Crippen LogP contribution in [0.15, 0.2) is 66.9 Å². The Morgan fingerprint density at radius 3 is 2.54 bits per heavy atom. The van der Waals surface area contributed by atoms with Crippen molar-refractivity contribution in [2.45, 2.75) is 38.8 Å². The number of alkyl halides is 4. The van der Waals surface area contributed by atoms with Crippen LogP contribution in [-0.2, 0) is 17.3 Å². The predicted octanol–water partition coefficient (Wildman–Crippen LogP) is 7.78. The Hall–Kier alpha value is -3.73. The van der Waals surface area contributed by atoms with E-state index in [0.717, 1.165) is 34.8 Å². The van der Waals surface area contributed by atoms with Gasteiger partial charge in [-0.2, -0.15) is 18.3 Å². The molecular formula is C30H28BrF4N3O3. The van der Waals surface area contributed by atoms with E-state index in [9.17, 15) is 22.4 Å². The van der Waals surface area contributed by atoms with Gasteiger partial charge >= 0.3 is 12.1 Å². The molecule has 2 aromatic heterocycles. The minimum atomic E-state index is -4.91. The van der Waals surface area contributed by atoms with Gasteiger partial charge in [-0.1, -0.05) is 47.1 Å². The SMILES string of the molecule is CCOC(=O)c1cnn(-c2cccc(-c3cc(F)ccc3C(C)Cc3ccc(OCCCBr)cc3)n2)c1C(F)(F)F. The molecule has 0 saturated heterocycles. The van der Waals surface area contributed by atoms with Crippen LogP contribution in [0.4, 0.5) is 17.6 Å². The number of nitrogens with zero attached hydrogens (tertiary/aromatic N) is 3. The quantitative estimate of drug-likeness (QED) is 0.0730. The summed E-state index contributed by atoms with van der Waals surface area (Å²) >= 11 is 3.37. The maximum atomic E-state index is 14.4. The number of esters is 1. The normalized spacial score (nSPS) is 12.3. The second-order valence-electron chi connectivity index (χ2n) is 9.29. The van der Waals surface area contributed by atoms with Crippen LogP contribution in [0.2, 0.25) is 0 Å². The Morgan fingerprint density at radius 1 is 1.10 bits per heavy atom. The Labute approximate surface area is 243 Å². The molecule has 41 heavy (non-hydrogen) atoms. The molecule has 2 aromatic carbocycles. The van der Waals surface area contributed by atoms with Gasteiger partial charge in [-0.15, -0.1) is 0 Å². The van der Waals surface area contributed by atoms with Crippen molar-refractivity contribution in [1.82, 2.24) is 14.8 Å². The number of rotatable bonds is 11. The number of carbonyl (C=O) groups excluding carboxylic acids is 1. The summed E-state index contributed by atoms with van der Waals surface area (Å²) in [4.78, 5) is 16.6. The lowest BCUT2D eigenvalue weighted by Crippen LogP contribution is -2.19. The van der Waals surface area contributed by atoms with Crippen molar-refractivity contribution in [2.75, 3.05) is 18.5 Å². The highest BCUT2D eigenvalue weighted by atomic mass is 79.9. The number of hydrogen-bond acceptors (Lipinski definition) is 5. The molecule has 11 heteroatoms. The van der Waals surface area contributed by atoms with E-state index in [1.54, 1.807) is 12.1 Å². The van der Waals surface area contributed by atoms with E-state index in [4.69, 9.17) is 9.47 Å². The minimum absolute atomic E-state index is 0.0814. The molecule has 0 aliphatic carbocycles. The lowest BCUT2D eigenvalue weighted by molar-refractivity contribution is -0.143. The summed E-state index contributed by atoms with van der Waals surface area (Å²) < 4.78 is 67.6. The Morgan fingerprint density at radius 2 is 1.85 bits per heavy atom. The average molecular weight is 634 g/mol. The van der Waals surface area contributed by atoms with Crippen molar-refractivity contribution in [2.24, 2.45) is 0 Å². The fraction of sp³-hybridized carbons (Fsp3) is 0.300. The minimum Gasteiger partial charge on any atom is -0.494 e. The van der Waals surface area contributed by atoms with Crippen LogP contribution in [0.25, 0.3) is 17.1 Å². The molecule has 0 fully saturated rings. The summed E-state index contributed by atoms with van der Waals surface area (Å²) in [5, 5.41) is 4.66. The summed E-state index contributed by atoms with van der Waals surface area (Å²) in [6, 6.07) is 16.5. The summed E-state index contributed by atoms with van der Waals surface area (Å²) in [6.07, 6.45) is -2.59. The molecule has 216 valence electrons. The van der Waals surface area contributed by atoms with Crippen LogP contribution in [0.1, 0.15) is 53.4 Å². The van der Waals surface area contributed by atoms with Gasteiger partial charge in [0.2, 0.25) is 0 Å². The maximum Gasteiger partial charge on any atom is 0.434 e. The number of hydrogen-bond donors (Lipinski definition) is 0. The van der Waals surface area contributed by atoms with Crippen molar-refractivity contribution in [3.63, 3.8) is 0 Å². The molecule has 1 atom stereocenters. The third-order valence-corrected chi connectivity index (χ3v) is 6.88. The topological polar surface area (TPSA) is 66.2 Å². The van der Waals surface area contributed by atoms with Gasteiger partial charge in [-0.25, -0.2) is 18.9 Å². The summed E-state index contributed by atoms with van der Waals surface area (Å²) in [5.74, 6) is -1.13. The number of pyridine rings is 1. The van der Waals surface area contributed by atoms with E-state index in [2.05, 4.69) is 26.0 Å². The Kier molecular flexibility index (Phi) is 9.80. The highest BCUT2D eigenvalue weighted by Gasteiger charge is 2.41. The second-order valence-corrected chi connectivity index (χ2v) is 10.1.